The summed E-state index contributed by atoms with van der Waals surface area (Å²) in [4.78, 5) is 38.7. The van der Waals surface area contributed by atoms with Gasteiger partial charge >= 0.3 is 5.97 Å². The molecule has 2 fully saturated rings. The Bertz CT molecular complexity index is 696. The third-order valence-corrected chi connectivity index (χ3v) is 5.92. The number of hydrogen-bond acceptors (Lipinski definition) is 4. The van der Waals surface area contributed by atoms with Crippen LogP contribution in [0.3, 0.4) is 0 Å². The second-order valence-electron chi connectivity index (χ2n) is 7.38. The molecule has 0 bridgehead atoms. The second kappa shape index (κ2) is 8.78. The summed E-state index contributed by atoms with van der Waals surface area (Å²) in [5.74, 6) is -1.52. The van der Waals surface area contributed by atoms with Crippen molar-refractivity contribution in [2.75, 3.05) is 0 Å². The van der Waals surface area contributed by atoms with Gasteiger partial charge in [0, 0.05) is 6.04 Å². The highest BCUT2D eigenvalue weighted by molar-refractivity contribution is 7.81. The highest BCUT2D eigenvalue weighted by Crippen LogP contribution is 2.30. The fraction of sp³-hybridized carbons (Fsp3) is 0.550. The van der Waals surface area contributed by atoms with Gasteiger partial charge in [0.05, 0.1) is 5.25 Å². The Morgan fingerprint density at radius 2 is 1.81 bits per heavy atom. The van der Waals surface area contributed by atoms with Crippen LogP contribution in [-0.2, 0) is 20.8 Å². The van der Waals surface area contributed by atoms with E-state index < -0.39 is 23.3 Å². The van der Waals surface area contributed by atoms with Gasteiger partial charge in [0.15, 0.2) is 0 Å². The van der Waals surface area contributed by atoms with Gasteiger partial charge in [0.1, 0.15) is 12.1 Å². The third kappa shape index (κ3) is 4.64. The SMILES string of the molecule is O=C(NC1CCC[C@H]2CCC[C@@H](C(=O)O)N2C1=O)[C@@H](S)Cc1ccccc1. The largest absolute Gasteiger partial charge is 0.480 e. The highest BCUT2D eigenvalue weighted by atomic mass is 32.1. The molecule has 0 aliphatic carbocycles. The molecular weight excluding hydrogens is 364 g/mol. The Hall–Kier alpha value is -2.02. The summed E-state index contributed by atoms with van der Waals surface area (Å²) in [5.41, 5.74) is 1.00. The number of carboxylic acids is 1. The quantitative estimate of drug-likeness (QED) is 0.672. The number of rotatable bonds is 5. The van der Waals surface area contributed by atoms with Gasteiger partial charge in [-0.2, -0.15) is 12.6 Å². The molecule has 2 aliphatic heterocycles. The number of fused-ring (bicyclic) bond motifs is 1. The lowest BCUT2D eigenvalue weighted by Crippen LogP contribution is -2.58. The van der Waals surface area contributed by atoms with Crippen LogP contribution in [0.25, 0.3) is 0 Å². The minimum absolute atomic E-state index is 0.0367. The van der Waals surface area contributed by atoms with Gasteiger partial charge < -0.3 is 15.3 Å². The molecule has 0 saturated carbocycles. The molecule has 4 atom stereocenters. The number of carbonyl (C=O) groups excluding carboxylic acids is 2. The van der Waals surface area contributed by atoms with Crippen LogP contribution < -0.4 is 5.32 Å². The van der Waals surface area contributed by atoms with E-state index in [0.29, 0.717) is 19.3 Å². The van der Waals surface area contributed by atoms with Gasteiger partial charge in [-0.05, 0) is 50.5 Å². The molecule has 1 aromatic rings. The third-order valence-electron chi connectivity index (χ3n) is 5.50. The summed E-state index contributed by atoms with van der Waals surface area (Å²) in [5, 5.41) is 11.8. The first kappa shape index (κ1) is 19.7. The monoisotopic (exact) mass is 390 g/mol. The molecule has 0 spiro atoms. The summed E-state index contributed by atoms with van der Waals surface area (Å²) in [6.07, 6.45) is 4.71. The molecule has 3 rings (SSSR count). The van der Waals surface area contributed by atoms with Crippen LogP contribution in [0.1, 0.15) is 44.1 Å². The van der Waals surface area contributed by atoms with Crippen LogP contribution in [-0.4, -0.2) is 51.2 Å². The lowest BCUT2D eigenvalue weighted by Gasteiger charge is -2.40. The van der Waals surface area contributed by atoms with Crippen LogP contribution >= 0.6 is 12.6 Å². The number of nitrogens with one attached hydrogen (secondary N) is 1. The molecule has 2 N–H and O–H groups in total. The van der Waals surface area contributed by atoms with E-state index in [2.05, 4.69) is 17.9 Å². The maximum Gasteiger partial charge on any atom is 0.326 e. The van der Waals surface area contributed by atoms with Crippen molar-refractivity contribution in [3.05, 3.63) is 35.9 Å². The number of amides is 2. The van der Waals surface area contributed by atoms with Crippen molar-refractivity contribution in [1.29, 1.82) is 0 Å². The zero-order chi connectivity index (χ0) is 19.4. The van der Waals surface area contributed by atoms with E-state index in [9.17, 15) is 19.5 Å². The molecule has 1 aromatic carbocycles. The molecule has 7 heteroatoms. The number of piperidine rings is 1. The van der Waals surface area contributed by atoms with Crippen molar-refractivity contribution in [2.24, 2.45) is 0 Å². The highest BCUT2D eigenvalue weighted by Gasteiger charge is 2.42. The smallest absolute Gasteiger partial charge is 0.326 e. The van der Waals surface area contributed by atoms with Crippen LogP contribution in [0.15, 0.2) is 30.3 Å². The first-order valence-electron chi connectivity index (χ1n) is 9.54. The topological polar surface area (TPSA) is 86.7 Å². The lowest BCUT2D eigenvalue weighted by molar-refractivity contribution is -0.155. The molecule has 6 nitrogen and oxygen atoms in total. The van der Waals surface area contributed by atoms with Crippen molar-refractivity contribution in [2.45, 2.75) is 68.3 Å². The fourth-order valence-electron chi connectivity index (χ4n) is 4.13. The van der Waals surface area contributed by atoms with E-state index in [1.807, 2.05) is 30.3 Å². The molecule has 146 valence electrons. The van der Waals surface area contributed by atoms with E-state index in [1.54, 1.807) is 0 Å². The Labute approximate surface area is 164 Å². The zero-order valence-electron chi connectivity index (χ0n) is 15.2. The van der Waals surface area contributed by atoms with Gasteiger partial charge in [0.25, 0.3) is 0 Å². The molecule has 0 radical (unpaired) electrons. The number of carboxylic acid groups (broad SMARTS) is 1. The molecule has 2 heterocycles. The number of carbonyl (C=O) groups is 3. The Morgan fingerprint density at radius 3 is 2.48 bits per heavy atom. The van der Waals surface area contributed by atoms with Crippen LogP contribution in [0, 0.1) is 0 Å². The van der Waals surface area contributed by atoms with Crippen molar-refractivity contribution in [1.82, 2.24) is 10.2 Å². The van der Waals surface area contributed by atoms with Gasteiger partial charge in [-0.15, -0.1) is 0 Å². The van der Waals surface area contributed by atoms with E-state index in [1.165, 1.54) is 4.90 Å². The standard InChI is InChI=1S/C20H26N2O4S/c23-18(17(27)12-13-6-2-1-3-7-13)21-15-10-4-8-14-9-5-11-16(20(25)26)22(14)19(15)24/h1-3,6-7,14-17,27H,4-5,8-12H2,(H,21,23)(H,25,26)/t14-,15?,16-,17-/m0/s1. The first-order chi connectivity index (χ1) is 13.0. The minimum Gasteiger partial charge on any atom is -0.480 e. The zero-order valence-corrected chi connectivity index (χ0v) is 16.1. The molecule has 0 aromatic heterocycles. The number of hydrogen-bond donors (Lipinski definition) is 3. The molecular formula is C20H26N2O4S. The van der Waals surface area contributed by atoms with E-state index in [-0.39, 0.29) is 17.9 Å². The van der Waals surface area contributed by atoms with Crippen LogP contribution in [0.2, 0.25) is 0 Å². The average Bonchev–Trinajstić information content (AvgIpc) is 2.81. The normalized spacial score (nSPS) is 26.6. The first-order valence-corrected chi connectivity index (χ1v) is 10.1. The molecule has 1 unspecified atom stereocenters. The fourth-order valence-corrected chi connectivity index (χ4v) is 4.42. The number of nitrogens with zero attached hydrogens (tertiary/aromatic N) is 1. The second-order valence-corrected chi connectivity index (χ2v) is 8.01. The van der Waals surface area contributed by atoms with E-state index in [4.69, 9.17) is 0 Å². The lowest BCUT2D eigenvalue weighted by atomic mass is 9.93. The summed E-state index contributed by atoms with van der Waals surface area (Å²) in [7, 11) is 0. The number of aliphatic carboxylic acids is 1. The van der Waals surface area contributed by atoms with Gasteiger partial charge in [-0.25, -0.2) is 4.79 Å². The molecule has 2 amide bonds. The molecule has 2 aliphatic rings. The Morgan fingerprint density at radius 1 is 1.15 bits per heavy atom. The van der Waals surface area contributed by atoms with Crippen LogP contribution in [0.5, 0.6) is 0 Å². The predicted octanol–water partition coefficient (Wildman–Crippen LogP) is 2.03. The Balaban J connectivity index is 1.67. The minimum atomic E-state index is -0.962. The summed E-state index contributed by atoms with van der Waals surface area (Å²) in [6.45, 7) is 0. The number of benzene rings is 1. The van der Waals surface area contributed by atoms with E-state index >= 15 is 0 Å². The van der Waals surface area contributed by atoms with Crippen molar-refractivity contribution in [3.63, 3.8) is 0 Å². The average molecular weight is 391 g/mol. The maximum absolute atomic E-state index is 13.0. The predicted molar refractivity (Wildman–Crippen MR) is 105 cm³/mol. The van der Waals surface area contributed by atoms with Gasteiger partial charge in [-0.3, -0.25) is 9.59 Å². The molecule has 2 saturated heterocycles. The summed E-state index contributed by atoms with van der Waals surface area (Å²) < 4.78 is 0. The van der Waals surface area contributed by atoms with Crippen molar-refractivity contribution >= 4 is 30.4 Å². The van der Waals surface area contributed by atoms with Gasteiger partial charge in [-0.1, -0.05) is 30.3 Å². The van der Waals surface area contributed by atoms with Crippen LogP contribution in [0.4, 0.5) is 0 Å². The van der Waals surface area contributed by atoms with Gasteiger partial charge in [0.2, 0.25) is 11.8 Å². The maximum atomic E-state index is 13.0. The Kier molecular flexibility index (Phi) is 6.42. The number of thiol groups is 1. The van der Waals surface area contributed by atoms with Crippen molar-refractivity contribution < 1.29 is 19.5 Å². The molecule has 27 heavy (non-hydrogen) atoms. The van der Waals surface area contributed by atoms with E-state index in [0.717, 1.165) is 31.2 Å². The van der Waals surface area contributed by atoms with Crippen molar-refractivity contribution in [3.8, 4) is 0 Å². The summed E-state index contributed by atoms with van der Waals surface area (Å²) in [6, 6.07) is 8.10. The summed E-state index contributed by atoms with van der Waals surface area (Å²) >= 11 is 4.40.